The van der Waals surface area contributed by atoms with Crippen LogP contribution in [0.5, 0.6) is 0 Å². The molecule has 0 atom stereocenters. The number of carbonyl (C=O) groups is 1. The van der Waals surface area contributed by atoms with Gasteiger partial charge in [-0.05, 0) is 42.8 Å². The van der Waals surface area contributed by atoms with Crippen LogP contribution in [0.1, 0.15) is 16.1 Å². The summed E-state index contributed by atoms with van der Waals surface area (Å²) < 4.78 is 6.80. The maximum absolute atomic E-state index is 12.4. The molecule has 1 amide bonds. The minimum Gasteiger partial charge on any atom is -0.448 e. The molecule has 0 bridgehead atoms. The van der Waals surface area contributed by atoms with Crippen LogP contribution in [0, 0.1) is 6.92 Å². The molecule has 0 saturated carbocycles. The zero-order valence-corrected chi connectivity index (χ0v) is 13.8. The van der Waals surface area contributed by atoms with Crippen molar-refractivity contribution >= 4 is 33.1 Å². The van der Waals surface area contributed by atoms with Crippen LogP contribution >= 0.6 is 11.3 Å². The Hall–Kier alpha value is -2.92. The van der Waals surface area contributed by atoms with Crippen molar-refractivity contribution in [1.82, 2.24) is 4.98 Å². The maximum atomic E-state index is 12.4. The molecule has 0 aliphatic carbocycles. The lowest BCUT2D eigenvalue weighted by Crippen LogP contribution is -2.11. The summed E-state index contributed by atoms with van der Waals surface area (Å²) in [7, 11) is 0. The number of carbonyl (C=O) groups excluding carboxylic acids is 1. The Balaban J connectivity index is 1.60. The summed E-state index contributed by atoms with van der Waals surface area (Å²) in [5.41, 5.74) is 2.71. The molecule has 0 fully saturated rings. The van der Waals surface area contributed by atoms with E-state index in [4.69, 9.17) is 4.42 Å². The average Bonchev–Trinajstić information content (AvgIpc) is 3.23. The molecule has 0 unspecified atom stereocenters. The quantitative estimate of drug-likeness (QED) is 0.566. The Labute approximate surface area is 142 Å². The highest BCUT2D eigenvalue weighted by molar-refractivity contribution is 7.21. The van der Waals surface area contributed by atoms with Gasteiger partial charge in [-0.1, -0.05) is 30.3 Å². The highest BCUT2D eigenvalue weighted by Crippen LogP contribution is 2.31. The van der Waals surface area contributed by atoms with Crippen molar-refractivity contribution in [2.45, 2.75) is 6.92 Å². The van der Waals surface area contributed by atoms with E-state index >= 15 is 0 Å². The predicted octanol–water partition coefficient (Wildman–Crippen LogP) is 5.12. The van der Waals surface area contributed by atoms with E-state index in [9.17, 15) is 4.79 Å². The van der Waals surface area contributed by atoms with E-state index in [0.29, 0.717) is 5.76 Å². The van der Waals surface area contributed by atoms with Crippen LogP contribution in [0.3, 0.4) is 0 Å². The topological polar surface area (TPSA) is 55.1 Å². The second-order valence-corrected chi connectivity index (χ2v) is 6.45. The summed E-state index contributed by atoms with van der Waals surface area (Å²) in [6.45, 7) is 1.95. The number of fused-ring (bicyclic) bond motifs is 1. The van der Waals surface area contributed by atoms with Crippen LogP contribution in [-0.4, -0.2) is 10.9 Å². The molecular formula is C19H14N2O2S. The average molecular weight is 334 g/mol. The number of thiazole rings is 1. The van der Waals surface area contributed by atoms with Gasteiger partial charge in [0.1, 0.15) is 0 Å². The molecule has 0 spiro atoms. The summed E-state index contributed by atoms with van der Waals surface area (Å²) in [5.74, 6) is 0.607. The van der Waals surface area contributed by atoms with Crippen LogP contribution in [0.25, 0.3) is 21.0 Å². The zero-order chi connectivity index (χ0) is 16.5. The molecule has 118 valence electrons. The number of hydrogen-bond acceptors (Lipinski definition) is 4. The number of nitrogens with zero attached hydrogens (tertiary/aromatic N) is 1. The molecule has 24 heavy (non-hydrogen) atoms. The van der Waals surface area contributed by atoms with E-state index in [-0.39, 0.29) is 11.7 Å². The fourth-order valence-corrected chi connectivity index (χ4v) is 3.38. The van der Waals surface area contributed by atoms with Crippen LogP contribution in [0.15, 0.2) is 65.1 Å². The minimum atomic E-state index is -0.267. The molecule has 2 heterocycles. The minimum absolute atomic E-state index is 0.267. The van der Waals surface area contributed by atoms with Crippen molar-refractivity contribution in [3.05, 3.63) is 72.0 Å². The largest absolute Gasteiger partial charge is 0.448 e. The third-order valence-electron chi connectivity index (χ3n) is 3.73. The summed E-state index contributed by atoms with van der Waals surface area (Å²) in [4.78, 5) is 16.9. The van der Waals surface area contributed by atoms with Gasteiger partial charge in [-0.2, -0.15) is 0 Å². The third-order valence-corrected chi connectivity index (χ3v) is 4.78. The van der Waals surface area contributed by atoms with Gasteiger partial charge in [0.2, 0.25) is 0 Å². The number of amides is 1. The van der Waals surface area contributed by atoms with Gasteiger partial charge in [-0.25, -0.2) is 4.98 Å². The van der Waals surface area contributed by atoms with Crippen LogP contribution in [-0.2, 0) is 0 Å². The number of hydrogen-bond donors (Lipinski definition) is 1. The van der Waals surface area contributed by atoms with Crippen LogP contribution in [0.2, 0.25) is 0 Å². The van der Waals surface area contributed by atoms with Crippen molar-refractivity contribution in [3.8, 4) is 10.8 Å². The number of benzene rings is 2. The molecule has 5 heteroatoms. The van der Waals surface area contributed by atoms with E-state index < -0.39 is 0 Å². The predicted molar refractivity (Wildman–Crippen MR) is 96.5 cm³/mol. The summed E-state index contributed by atoms with van der Waals surface area (Å²) in [5, 5.41) is 3.64. The number of rotatable bonds is 3. The lowest BCUT2D eigenvalue weighted by molar-refractivity contribution is 0.0997. The Morgan fingerprint density at radius 2 is 1.83 bits per heavy atom. The standard InChI is InChI=1S/C19H14N2O2S/c1-12-6-2-3-7-13(12)20-18(22)15-10-11-16(23-15)19-21-14-8-4-5-9-17(14)24-19/h2-11H,1H3,(H,20,22). The Kier molecular flexibility index (Phi) is 3.63. The van der Waals surface area contributed by atoms with E-state index in [1.165, 1.54) is 0 Å². The molecular weight excluding hydrogens is 320 g/mol. The fourth-order valence-electron chi connectivity index (χ4n) is 2.45. The first-order chi connectivity index (χ1) is 11.7. The van der Waals surface area contributed by atoms with Crippen LogP contribution in [0.4, 0.5) is 5.69 Å². The fraction of sp³-hybridized carbons (Fsp3) is 0.0526. The molecule has 0 aliphatic rings. The van der Waals surface area contributed by atoms with Gasteiger partial charge >= 0.3 is 0 Å². The highest BCUT2D eigenvalue weighted by Gasteiger charge is 2.15. The lowest BCUT2D eigenvalue weighted by atomic mass is 10.2. The van der Waals surface area contributed by atoms with Gasteiger partial charge in [0.25, 0.3) is 5.91 Å². The zero-order valence-electron chi connectivity index (χ0n) is 12.9. The Morgan fingerprint density at radius 1 is 1.04 bits per heavy atom. The Bertz CT molecular complexity index is 999. The van der Waals surface area contributed by atoms with Gasteiger partial charge in [0.05, 0.1) is 10.2 Å². The number of nitrogens with one attached hydrogen (secondary N) is 1. The first-order valence-corrected chi connectivity index (χ1v) is 8.35. The monoisotopic (exact) mass is 334 g/mol. The number of furan rings is 1. The molecule has 0 aliphatic heterocycles. The maximum Gasteiger partial charge on any atom is 0.291 e. The molecule has 4 nitrogen and oxygen atoms in total. The number of para-hydroxylation sites is 2. The first-order valence-electron chi connectivity index (χ1n) is 7.53. The van der Waals surface area contributed by atoms with Crippen molar-refractivity contribution in [1.29, 1.82) is 0 Å². The molecule has 1 N–H and O–H groups in total. The normalized spacial score (nSPS) is 10.9. The van der Waals surface area contributed by atoms with Crippen LogP contribution < -0.4 is 5.32 Å². The SMILES string of the molecule is Cc1ccccc1NC(=O)c1ccc(-c2nc3ccccc3s2)o1. The first kappa shape index (κ1) is 14.7. The van der Waals surface area contributed by atoms with Crippen molar-refractivity contribution in [2.75, 3.05) is 5.32 Å². The van der Waals surface area contributed by atoms with E-state index in [2.05, 4.69) is 10.3 Å². The summed E-state index contributed by atoms with van der Waals surface area (Å²) in [6.07, 6.45) is 0. The second kappa shape index (κ2) is 5.94. The molecule has 2 aromatic heterocycles. The van der Waals surface area contributed by atoms with E-state index in [1.807, 2.05) is 55.5 Å². The second-order valence-electron chi connectivity index (χ2n) is 5.42. The summed E-state index contributed by atoms with van der Waals surface area (Å²) >= 11 is 1.55. The van der Waals surface area contributed by atoms with Gasteiger partial charge < -0.3 is 9.73 Å². The molecule has 0 saturated heterocycles. The van der Waals surface area contributed by atoms with Gasteiger partial charge in [-0.3, -0.25) is 4.79 Å². The third kappa shape index (κ3) is 2.70. The number of aryl methyl sites for hydroxylation is 1. The van der Waals surface area contributed by atoms with Gasteiger partial charge in [0.15, 0.2) is 16.5 Å². The van der Waals surface area contributed by atoms with Gasteiger partial charge in [0, 0.05) is 5.69 Å². The van der Waals surface area contributed by atoms with E-state index in [1.54, 1.807) is 23.5 Å². The number of aromatic nitrogens is 1. The van der Waals surface area contributed by atoms with Gasteiger partial charge in [-0.15, -0.1) is 11.3 Å². The smallest absolute Gasteiger partial charge is 0.291 e. The van der Waals surface area contributed by atoms with Crippen molar-refractivity contribution in [3.63, 3.8) is 0 Å². The molecule has 2 aromatic carbocycles. The summed E-state index contributed by atoms with van der Waals surface area (Å²) in [6, 6.07) is 19.0. The Morgan fingerprint density at radius 3 is 2.67 bits per heavy atom. The lowest BCUT2D eigenvalue weighted by Gasteiger charge is -2.05. The molecule has 4 rings (SSSR count). The van der Waals surface area contributed by atoms with Crippen molar-refractivity contribution < 1.29 is 9.21 Å². The molecule has 0 radical (unpaired) electrons. The van der Waals surface area contributed by atoms with E-state index in [0.717, 1.165) is 26.5 Å². The molecule has 4 aromatic rings. The number of anilines is 1. The highest BCUT2D eigenvalue weighted by atomic mass is 32.1. The van der Waals surface area contributed by atoms with Crippen molar-refractivity contribution in [2.24, 2.45) is 0 Å².